The first-order valence-corrected chi connectivity index (χ1v) is 9.83. The summed E-state index contributed by atoms with van der Waals surface area (Å²) in [6.07, 6.45) is 6.49. The third-order valence-corrected chi connectivity index (χ3v) is 6.53. The van der Waals surface area contributed by atoms with Crippen molar-refractivity contribution in [2.45, 2.75) is 50.0 Å². The number of phenolic OH excluding ortho intramolecular Hbond substituents is 1. The van der Waals surface area contributed by atoms with Crippen LogP contribution < -0.4 is 0 Å². The number of halogens is 1. The van der Waals surface area contributed by atoms with Crippen LogP contribution in [0.15, 0.2) is 48.5 Å². The number of likely N-dealkylation sites (tertiary alicyclic amines) is 1. The molecule has 1 aliphatic carbocycles. The van der Waals surface area contributed by atoms with Crippen molar-refractivity contribution in [2.24, 2.45) is 0 Å². The van der Waals surface area contributed by atoms with Crippen LogP contribution in [0.3, 0.4) is 0 Å². The van der Waals surface area contributed by atoms with Gasteiger partial charge in [-0.3, -0.25) is 15.0 Å². The molecule has 2 bridgehead atoms. The van der Waals surface area contributed by atoms with Crippen LogP contribution in [-0.4, -0.2) is 34.1 Å². The number of nitro benzene ring substituents is 1. The fourth-order valence-corrected chi connectivity index (χ4v) is 5.11. The standard InChI is InChI=1S/C22H26N2O3.ClH/c25-20-8-3-6-18(15-20)22-11-4-7-19(16-22)23(14-12-22)13-10-17-5-1-2-9-21(17)24(26)27;/h1-3,5-6,8-9,15,19,25H,4,7,10-14,16H2;1H/t19-,22+;/m1./s1. The Hall–Kier alpha value is -2.11. The van der Waals surface area contributed by atoms with Crippen molar-refractivity contribution in [1.82, 2.24) is 4.90 Å². The third kappa shape index (κ3) is 4.01. The fraction of sp³-hybridized carbons (Fsp3) is 0.455. The number of para-hydroxylation sites is 1. The van der Waals surface area contributed by atoms with E-state index >= 15 is 0 Å². The summed E-state index contributed by atoms with van der Waals surface area (Å²) in [6.45, 7) is 1.88. The number of rotatable bonds is 5. The Balaban J connectivity index is 0.00000225. The van der Waals surface area contributed by atoms with Crippen LogP contribution in [-0.2, 0) is 11.8 Å². The van der Waals surface area contributed by atoms with E-state index in [1.807, 2.05) is 24.3 Å². The van der Waals surface area contributed by atoms with Gasteiger partial charge in [0.25, 0.3) is 5.69 Å². The monoisotopic (exact) mass is 402 g/mol. The van der Waals surface area contributed by atoms with Gasteiger partial charge in [0.15, 0.2) is 0 Å². The van der Waals surface area contributed by atoms with Crippen LogP contribution in [0.5, 0.6) is 5.75 Å². The minimum Gasteiger partial charge on any atom is -0.508 e. The van der Waals surface area contributed by atoms with Crippen LogP contribution in [0.1, 0.15) is 43.2 Å². The Morgan fingerprint density at radius 3 is 2.79 bits per heavy atom. The molecule has 1 aliphatic heterocycles. The number of benzene rings is 2. The summed E-state index contributed by atoms with van der Waals surface area (Å²) in [7, 11) is 0. The van der Waals surface area contributed by atoms with E-state index in [-0.39, 0.29) is 28.4 Å². The molecule has 0 unspecified atom stereocenters. The van der Waals surface area contributed by atoms with Crippen LogP contribution in [0.2, 0.25) is 0 Å². The van der Waals surface area contributed by atoms with Crippen molar-refractivity contribution in [3.63, 3.8) is 0 Å². The zero-order valence-electron chi connectivity index (χ0n) is 15.9. The quantitative estimate of drug-likeness (QED) is 0.573. The lowest BCUT2D eigenvalue weighted by Gasteiger charge is -2.51. The van der Waals surface area contributed by atoms with Gasteiger partial charge in [0.05, 0.1) is 4.92 Å². The average molecular weight is 403 g/mol. The zero-order chi connectivity index (χ0) is 18.9. The number of nitrogens with zero attached hydrogens (tertiary/aromatic N) is 2. The molecule has 28 heavy (non-hydrogen) atoms. The van der Waals surface area contributed by atoms with Gasteiger partial charge in [-0.1, -0.05) is 36.8 Å². The molecule has 0 spiro atoms. The van der Waals surface area contributed by atoms with Crippen molar-refractivity contribution in [3.8, 4) is 5.75 Å². The average Bonchev–Trinajstić information content (AvgIpc) is 2.68. The first kappa shape index (κ1) is 20.6. The van der Waals surface area contributed by atoms with Crippen molar-refractivity contribution >= 4 is 18.1 Å². The van der Waals surface area contributed by atoms with Gasteiger partial charge >= 0.3 is 0 Å². The van der Waals surface area contributed by atoms with E-state index in [0.29, 0.717) is 18.2 Å². The second-order valence-electron chi connectivity index (χ2n) is 8.00. The number of nitro groups is 1. The summed E-state index contributed by atoms with van der Waals surface area (Å²) in [6, 6.07) is 15.4. The summed E-state index contributed by atoms with van der Waals surface area (Å²) in [5, 5.41) is 21.1. The van der Waals surface area contributed by atoms with Gasteiger partial charge in [-0.15, -0.1) is 12.4 Å². The first-order chi connectivity index (χ1) is 13.1. The smallest absolute Gasteiger partial charge is 0.272 e. The van der Waals surface area contributed by atoms with Gasteiger partial charge in [0, 0.05) is 24.2 Å². The van der Waals surface area contributed by atoms with Crippen molar-refractivity contribution in [2.75, 3.05) is 13.1 Å². The normalized spacial score (nSPS) is 24.4. The molecule has 1 heterocycles. The molecule has 5 nitrogen and oxygen atoms in total. The fourth-order valence-electron chi connectivity index (χ4n) is 5.11. The number of fused-ring (bicyclic) bond motifs is 2. The summed E-state index contributed by atoms with van der Waals surface area (Å²) in [5.41, 5.74) is 2.50. The lowest BCUT2D eigenvalue weighted by molar-refractivity contribution is -0.385. The maximum Gasteiger partial charge on any atom is 0.272 e. The van der Waals surface area contributed by atoms with Crippen molar-refractivity contribution < 1.29 is 10.0 Å². The van der Waals surface area contributed by atoms with Crippen molar-refractivity contribution in [3.05, 3.63) is 69.8 Å². The molecule has 2 aromatic carbocycles. The predicted octanol–water partition coefficient (Wildman–Crippen LogP) is 4.85. The van der Waals surface area contributed by atoms with Gasteiger partial charge in [-0.05, 0) is 61.8 Å². The minimum absolute atomic E-state index is 0. The lowest BCUT2D eigenvalue weighted by Crippen LogP contribution is -2.52. The molecule has 4 rings (SSSR count). The Morgan fingerprint density at radius 1 is 1.18 bits per heavy atom. The Bertz CT molecular complexity index is 844. The van der Waals surface area contributed by atoms with E-state index in [1.165, 1.54) is 24.8 Å². The van der Waals surface area contributed by atoms with E-state index in [1.54, 1.807) is 18.2 Å². The van der Waals surface area contributed by atoms with Crippen LogP contribution in [0.25, 0.3) is 0 Å². The third-order valence-electron chi connectivity index (χ3n) is 6.53. The summed E-state index contributed by atoms with van der Waals surface area (Å²) < 4.78 is 0. The van der Waals surface area contributed by atoms with Crippen LogP contribution in [0, 0.1) is 10.1 Å². The number of phenols is 1. The predicted molar refractivity (Wildman–Crippen MR) is 112 cm³/mol. The molecule has 2 aliphatic rings. The van der Waals surface area contributed by atoms with E-state index < -0.39 is 0 Å². The molecule has 1 saturated heterocycles. The second kappa shape index (κ2) is 8.50. The summed E-state index contributed by atoms with van der Waals surface area (Å²) >= 11 is 0. The molecule has 1 N–H and O–H groups in total. The van der Waals surface area contributed by atoms with Crippen LogP contribution in [0.4, 0.5) is 5.69 Å². The van der Waals surface area contributed by atoms with Gasteiger partial charge < -0.3 is 5.11 Å². The molecule has 2 atom stereocenters. The molecular formula is C22H27ClN2O3. The molecular weight excluding hydrogens is 376 g/mol. The first-order valence-electron chi connectivity index (χ1n) is 9.83. The highest BCUT2D eigenvalue weighted by molar-refractivity contribution is 5.85. The summed E-state index contributed by atoms with van der Waals surface area (Å²) in [5.74, 6) is 0.350. The minimum atomic E-state index is -0.279. The highest BCUT2D eigenvalue weighted by Crippen LogP contribution is 2.47. The van der Waals surface area contributed by atoms with E-state index in [9.17, 15) is 15.2 Å². The molecule has 6 heteroatoms. The lowest BCUT2D eigenvalue weighted by atomic mass is 9.63. The summed E-state index contributed by atoms with van der Waals surface area (Å²) in [4.78, 5) is 13.5. The highest BCUT2D eigenvalue weighted by atomic mass is 35.5. The Kier molecular flexibility index (Phi) is 6.26. The Labute approximate surface area is 171 Å². The molecule has 1 saturated carbocycles. The molecule has 150 valence electrons. The molecule has 2 fully saturated rings. The largest absolute Gasteiger partial charge is 0.508 e. The highest BCUT2D eigenvalue weighted by Gasteiger charge is 2.43. The molecule has 0 aromatic heterocycles. The number of aromatic hydroxyl groups is 1. The number of hydrogen-bond donors (Lipinski definition) is 1. The number of hydrogen-bond acceptors (Lipinski definition) is 4. The van der Waals surface area contributed by atoms with Crippen LogP contribution >= 0.6 is 12.4 Å². The number of piperidine rings is 1. The topological polar surface area (TPSA) is 66.6 Å². The SMILES string of the molecule is Cl.O=[N+]([O-])c1ccccc1CCN1CC[C@@]2(c3cccc(O)c3)CCC[C@@H]1C2. The van der Waals surface area contributed by atoms with E-state index in [4.69, 9.17) is 0 Å². The maximum absolute atomic E-state index is 11.2. The van der Waals surface area contributed by atoms with Gasteiger partial charge in [0.1, 0.15) is 5.75 Å². The van der Waals surface area contributed by atoms with Gasteiger partial charge in [0.2, 0.25) is 0 Å². The molecule has 0 amide bonds. The molecule has 0 radical (unpaired) electrons. The maximum atomic E-state index is 11.2. The Morgan fingerprint density at radius 2 is 2.00 bits per heavy atom. The van der Waals surface area contributed by atoms with E-state index in [2.05, 4.69) is 11.0 Å². The van der Waals surface area contributed by atoms with Crippen molar-refractivity contribution in [1.29, 1.82) is 0 Å². The van der Waals surface area contributed by atoms with E-state index in [0.717, 1.165) is 31.5 Å². The zero-order valence-corrected chi connectivity index (χ0v) is 16.7. The van der Waals surface area contributed by atoms with Gasteiger partial charge in [-0.25, -0.2) is 0 Å². The van der Waals surface area contributed by atoms with Gasteiger partial charge in [-0.2, -0.15) is 0 Å². The second-order valence-corrected chi connectivity index (χ2v) is 8.00. The molecule has 2 aromatic rings.